The molecule has 0 saturated heterocycles. The first-order chi connectivity index (χ1) is 7.78. The molecule has 4 N–H and O–H groups in total. The first-order valence-corrected chi connectivity index (χ1v) is 5.79. The van der Waals surface area contributed by atoms with Crippen molar-refractivity contribution in [3.8, 4) is 0 Å². The van der Waals surface area contributed by atoms with E-state index in [2.05, 4.69) is 37.5 Å². The number of thiophene rings is 1. The minimum absolute atomic E-state index is 0.611. The Morgan fingerprint density at radius 2 is 2.19 bits per heavy atom. The van der Waals surface area contributed by atoms with Crippen LogP contribution in [0.15, 0.2) is 22.9 Å². The van der Waals surface area contributed by atoms with Gasteiger partial charge in [0, 0.05) is 12.6 Å². The van der Waals surface area contributed by atoms with E-state index in [1.807, 2.05) is 6.92 Å². The lowest BCUT2D eigenvalue weighted by Gasteiger charge is -2.07. The van der Waals surface area contributed by atoms with Gasteiger partial charge in [-0.2, -0.15) is 11.3 Å². The maximum absolute atomic E-state index is 5.31. The van der Waals surface area contributed by atoms with Crippen molar-refractivity contribution in [2.75, 3.05) is 10.7 Å². The lowest BCUT2D eigenvalue weighted by molar-refractivity contribution is 1.02. The molecule has 2 rings (SSSR count). The highest BCUT2D eigenvalue weighted by molar-refractivity contribution is 7.07. The van der Waals surface area contributed by atoms with E-state index in [1.54, 1.807) is 17.4 Å². The van der Waals surface area contributed by atoms with Crippen molar-refractivity contribution in [1.29, 1.82) is 0 Å². The molecule has 0 spiro atoms. The predicted molar refractivity (Wildman–Crippen MR) is 66.2 cm³/mol. The Morgan fingerprint density at radius 3 is 2.88 bits per heavy atom. The third-order valence-electron chi connectivity index (χ3n) is 2.04. The Morgan fingerprint density at radius 1 is 1.38 bits per heavy atom. The summed E-state index contributed by atoms with van der Waals surface area (Å²) in [5.41, 5.74) is 3.75. The zero-order valence-corrected chi connectivity index (χ0v) is 9.71. The molecule has 0 atom stereocenters. The average molecular weight is 235 g/mol. The van der Waals surface area contributed by atoms with E-state index in [0.717, 1.165) is 12.4 Å². The number of hydrazine groups is 1. The molecule has 0 aromatic carbocycles. The summed E-state index contributed by atoms with van der Waals surface area (Å²) in [5, 5.41) is 7.37. The fraction of sp³-hybridized carbons (Fsp3) is 0.200. The summed E-state index contributed by atoms with van der Waals surface area (Å²) in [6, 6.07) is 3.85. The van der Waals surface area contributed by atoms with Crippen LogP contribution in [-0.2, 0) is 6.54 Å². The zero-order chi connectivity index (χ0) is 11.4. The van der Waals surface area contributed by atoms with Crippen LogP contribution in [0.4, 0.5) is 11.6 Å². The Bertz CT molecular complexity index is 454. The first-order valence-electron chi connectivity index (χ1n) is 4.85. The Hall–Kier alpha value is -1.66. The third kappa shape index (κ3) is 2.68. The van der Waals surface area contributed by atoms with Crippen LogP contribution in [0, 0.1) is 6.92 Å². The summed E-state index contributed by atoms with van der Waals surface area (Å²) >= 11 is 1.68. The maximum Gasteiger partial charge on any atom is 0.145 e. The van der Waals surface area contributed by atoms with Crippen LogP contribution >= 0.6 is 11.3 Å². The van der Waals surface area contributed by atoms with Gasteiger partial charge in [0.25, 0.3) is 0 Å². The molecule has 84 valence electrons. The number of nitrogens with zero attached hydrogens (tertiary/aromatic N) is 2. The molecule has 2 aromatic rings. The molecule has 2 heterocycles. The molecule has 0 aliphatic heterocycles. The van der Waals surface area contributed by atoms with Crippen LogP contribution in [0.5, 0.6) is 0 Å². The first kappa shape index (κ1) is 10.8. The smallest absolute Gasteiger partial charge is 0.145 e. The van der Waals surface area contributed by atoms with Gasteiger partial charge in [0.05, 0.1) is 0 Å². The number of aromatic nitrogens is 2. The summed E-state index contributed by atoms with van der Waals surface area (Å²) in [7, 11) is 0. The zero-order valence-electron chi connectivity index (χ0n) is 8.90. The van der Waals surface area contributed by atoms with E-state index in [-0.39, 0.29) is 0 Å². The molecule has 0 amide bonds. The summed E-state index contributed by atoms with van der Waals surface area (Å²) in [5.74, 6) is 7.38. The summed E-state index contributed by atoms with van der Waals surface area (Å²) in [6.45, 7) is 2.58. The molecule has 0 radical (unpaired) electrons. The van der Waals surface area contributed by atoms with E-state index in [4.69, 9.17) is 5.84 Å². The molecule has 16 heavy (non-hydrogen) atoms. The van der Waals surface area contributed by atoms with Gasteiger partial charge < -0.3 is 10.7 Å². The van der Waals surface area contributed by atoms with Gasteiger partial charge in [-0.1, -0.05) is 0 Å². The number of hydrogen-bond acceptors (Lipinski definition) is 6. The number of aryl methyl sites for hydroxylation is 1. The van der Waals surface area contributed by atoms with Gasteiger partial charge in [-0.3, -0.25) is 0 Å². The maximum atomic E-state index is 5.31. The van der Waals surface area contributed by atoms with Gasteiger partial charge in [0.1, 0.15) is 17.5 Å². The number of rotatable bonds is 4. The number of hydrogen-bond donors (Lipinski definition) is 3. The van der Waals surface area contributed by atoms with Gasteiger partial charge >= 0.3 is 0 Å². The van der Waals surface area contributed by atoms with Crippen molar-refractivity contribution >= 4 is 23.0 Å². The Balaban J connectivity index is 2.06. The lowest BCUT2D eigenvalue weighted by atomic mass is 10.3. The molecule has 0 fully saturated rings. The van der Waals surface area contributed by atoms with E-state index >= 15 is 0 Å². The van der Waals surface area contributed by atoms with Gasteiger partial charge in [-0.15, -0.1) is 0 Å². The molecular weight excluding hydrogens is 222 g/mol. The molecule has 0 bridgehead atoms. The van der Waals surface area contributed by atoms with Crippen LogP contribution < -0.4 is 16.6 Å². The van der Waals surface area contributed by atoms with Crippen LogP contribution in [0.1, 0.15) is 11.4 Å². The second-order valence-corrected chi connectivity index (χ2v) is 4.10. The monoisotopic (exact) mass is 235 g/mol. The Kier molecular flexibility index (Phi) is 3.33. The van der Waals surface area contributed by atoms with Crippen molar-refractivity contribution < 1.29 is 0 Å². The number of nitrogens with two attached hydrogens (primary N) is 1. The highest BCUT2D eigenvalue weighted by atomic mass is 32.1. The van der Waals surface area contributed by atoms with Gasteiger partial charge in [0.2, 0.25) is 0 Å². The topological polar surface area (TPSA) is 75.9 Å². The van der Waals surface area contributed by atoms with E-state index < -0.39 is 0 Å². The van der Waals surface area contributed by atoms with Gasteiger partial charge in [0.15, 0.2) is 0 Å². The molecule has 6 heteroatoms. The highest BCUT2D eigenvalue weighted by Crippen LogP contribution is 2.12. The highest BCUT2D eigenvalue weighted by Gasteiger charge is 2.00. The van der Waals surface area contributed by atoms with E-state index in [9.17, 15) is 0 Å². The molecule has 5 nitrogen and oxygen atoms in total. The van der Waals surface area contributed by atoms with Crippen molar-refractivity contribution in [3.05, 3.63) is 34.3 Å². The van der Waals surface area contributed by atoms with Crippen molar-refractivity contribution in [3.63, 3.8) is 0 Å². The number of anilines is 2. The van der Waals surface area contributed by atoms with Crippen molar-refractivity contribution in [2.24, 2.45) is 5.84 Å². The quantitative estimate of drug-likeness (QED) is 0.556. The molecule has 0 aliphatic rings. The van der Waals surface area contributed by atoms with Crippen molar-refractivity contribution in [1.82, 2.24) is 9.97 Å². The standard InChI is InChI=1S/C10H13N5S/c1-7-13-9(4-10(14-7)15-11)12-5-8-2-3-16-6-8/h2-4,6H,5,11H2,1H3,(H2,12,13,14,15). The van der Waals surface area contributed by atoms with Crippen LogP contribution in [0.3, 0.4) is 0 Å². The second kappa shape index (κ2) is 4.91. The number of nitrogens with one attached hydrogen (secondary N) is 2. The van der Waals surface area contributed by atoms with E-state index in [0.29, 0.717) is 11.6 Å². The molecule has 2 aromatic heterocycles. The van der Waals surface area contributed by atoms with Crippen molar-refractivity contribution in [2.45, 2.75) is 13.5 Å². The largest absolute Gasteiger partial charge is 0.366 e. The average Bonchev–Trinajstić information content (AvgIpc) is 2.78. The van der Waals surface area contributed by atoms with Crippen LogP contribution in [-0.4, -0.2) is 9.97 Å². The predicted octanol–water partition coefficient (Wildman–Crippen LogP) is 1.74. The summed E-state index contributed by atoms with van der Waals surface area (Å²) < 4.78 is 0. The minimum atomic E-state index is 0.611. The lowest BCUT2D eigenvalue weighted by Crippen LogP contribution is -2.11. The third-order valence-corrected chi connectivity index (χ3v) is 2.77. The fourth-order valence-corrected chi connectivity index (χ4v) is 1.99. The van der Waals surface area contributed by atoms with Gasteiger partial charge in [-0.25, -0.2) is 15.8 Å². The Labute approximate surface area is 97.7 Å². The summed E-state index contributed by atoms with van der Waals surface area (Å²) in [6.07, 6.45) is 0. The van der Waals surface area contributed by atoms with Crippen LogP contribution in [0.2, 0.25) is 0 Å². The SMILES string of the molecule is Cc1nc(NN)cc(NCc2ccsc2)n1. The molecule has 0 aliphatic carbocycles. The molecule has 0 unspecified atom stereocenters. The summed E-state index contributed by atoms with van der Waals surface area (Å²) in [4.78, 5) is 8.38. The second-order valence-electron chi connectivity index (χ2n) is 3.32. The number of nitrogen functional groups attached to an aromatic ring is 1. The normalized spacial score (nSPS) is 10.1. The molecule has 0 saturated carbocycles. The fourth-order valence-electron chi connectivity index (χ4n) is 1.32. The molecular formula is C10H13N5S. The van der Waals surface area contributed by atoms with Crippen LogP contribution in [0.25, 0.3) is 0 Å². The van der Waals surface area contributed by atoms with E-state index in [1.165, 1.54) is 5.56 Å². The minimum Gasteiger partial charge on any atom is -0.366 e. The van der Waals surface area contributed by atoms with Gasteiger partial charge in [-0.05, 0) is 29.3 Å².